The lowest BCUT2D eigenvalue weighted by atomic mass is 9.85. The zero-order valence-corrected chi connectivity index (χ0v) is 11.8. The lowest BCUT2D eigenvalue weighted by Gasteiger charge is -2.23. The average Bonchev–Trinajstić information content (AvgIpc) is 2.50. The molecular weight excluding hydrogens is 238 g/mol. The fourth-order valence-electron chi connectivity index (χ4n) is 2.44. The van der Waals surface area contributed by atoms with Crippen LogP contribution in [0, 0.1) is 5.41 Å². The molecule has 0 spiro atoms. The summed E-state index contributed by atoms with van der Waals surface area (Å²) in [6, 6.07) is 7.26. The number of nitrogens with zero attached hydrogens (tertiary/aromatic N) is 1. The lowest BCUT2D eigenvalue weighted by molar-refractivity contribution is 0.211. The highest BCUT2D eigenvalue weighted by atomic mass is 16.2. The molecule has 2 rings (SSSR count). The SMILES string of the molecule is CC1(C)CCCN(C(=O)Nc2cccc(N)c2)CC1. The molecule has 0 saturated carbocycles. The number of likely N-dealkylation sites (tertiary alicyclic amines) is 1. The Balaban J connectivity index is 1.96. The number of anilines is 2. The number of amides is 2. The number of nitrogens with two attached hydrogens (primary N) is 1. The standard InChI is InChI=1S/C15H23N3O/c1-15(2)7-4-9-18(10-8-15)14(19)17-13-6-3-5-12(16)11-13/h3,5-6,11H,4,7-10,16H2,1-2H3,(H,17,19). The molecule has 1 aromatic carbocycles. The smallest absolute Gasteiger partial charge is 0.321 e. The van der Waals surface area contributed by atoms with Gasteiger partial charge in [-0.15, -0.1) is 0 Å². The summed E-state index contributed by atoms with van der Waals surface area (Å²) in [7, 11) is 0. The first-order chi connectivity index (χ1) is 8.96. The lowest BCUT2D eigenvalue weighted by Crippen LogP contribution is -2.36. The van der Waals surface area contributed by atoms with Gasteiger partial charge in [0.05, 0.1) is 0 Å². The van der Waals surface area contributed by atoms with Gasteiger partial charge in [0.1, 0.15) is 0 Å². The topological polar surface area (TPSA) is 58.4 Å². The second-order valence-electron chi connectivity index (χ2n) is 6.06. The number of carbonyl (C=O) groups excluding carboxylic acids is 1. The van der Waals surface area contributed by atoms with Gasteiger partial charge < -0.3 is 16.0 Å². The highest BCUT2D eigenvalue weighted by molar-refractivity contribution is 5.89. The van der Waals surface area contributed by atoms with Crippen molar-refractivity contribution in [3.8, 4) is 0 Å². The van der Waals surface area contributed by atoms with E-state index in [1.807, 2.05) is 23.1 Å². The molecule has 104 valence electrons. The van der Waals surface area contributed by atoms with Crippen LogP contribution in [0.15, 0.2) is 24.3 Å². The summed E-state index contributed by atoms with van der Waals surface area (Å²) in [4.78, 5) is 14.1. The van der Waals surface area contributed by atoms with Gasteiger partial charge in [0.15, 0.2) is 0 Å². The predicted molar refractivity (Wildman–Crippen MR) is 79.1 cm³/mol. The van der Waals surface area contributed by atoms with Gasteiger partial charge in [-0.1, -0.05) is 19.9 Å². The van der Waals surface area contributed by atoms with E-state index >= 15 is 0 Å². The zero-order valence-electron chi connectivity index (χ0n) is 11.8. The van der Waals surface area contributed by atoms with Crippen LogP contribution in [-0.4, -0.2) is 24.0 Å². The molecule has 0 atom stereocenters. The van der Waals surface area contributed by atoms with Gasteiger partial charge in [-0.2, -0.15) is 0 Å². The predicted octanol–water partition coefficient (Wildman–Crippen LogP) is 3.31. The minimum absolute atomic E-state index is 0.0247. The van der Waals surface area contributed by atoms with Crippen molar-refractivity contribution in [3.05, 3.63) is 24.3 Å². The first-order valence-electron chi connectivity index (χ1n) is 6.88. The van der Waals surface area contributed by atoms with Crippen LogP contribution in [0.3, 0.4) is 0 Å². The van der Waals surface area contributed by atoms with E-state index in [1.54, 1.807) is 6.07 Å². The number of benzene rings is 1. The second-order valence-corrected chi connectivity index (χ2v) is 6.06. The summed E-state index contributed by atoms with van der Waals surface area (Å²) in [6.07, 6.45) is 3.30. The van der Waals surface area contributed by atoms with Crippen LogP contribution in [0.2, 0.25) is 0 Å². The molecule has 0 radical (unpaired) electrons. The van der Waals surface area contributed by atoms with E-state index in [4.69, 9.17) is 5.73 Å². The van der Waals surface area contributed by atoms with Crippen LogP contribution >= 0.6 is 0 Å². The third-order valence-electron chi connectivity index (χ3n) is 3.77. The van der Waals surface area contributed by atoms with E-state index in [1.165, 1.54) is 6.42 Å². The minimum Gasteiger partial charge on any atom is -0.399 e. The van der Waals surface area contributed by atoms with Gasteiger partial charge in [0, 0.05) is 24.5 Å². The van der Waals surface area contributed by atoms with Crippen LogP contribution in [-0.2, 0) is 0 Å². The zero-order chi connectivity index (χ0) is 13.9. The Hall–Kier alpha value is -1.71. The quantitative estimate of drug-likeness (QED) is 0.762. The Morgan fingerprint density at radius 1 is 1.32 bits per heavy atom. The monoisotopic (exact) mass is 261 g/mol. The number of nitrogens with one attached hydrogen (secondary N) is 1. The summed E-state index contributed by atoms with van der Waals surface area (Å²) in [6.45, 7) is 6.19. The van der Waals surface area contributed by atoms with Crippen LogP contribution in [0.4, 0.5) is 16.2 Å². The van der Waals surface area contributed by atoms with Gasteiger partial charge in [-0.05, 0) is 42.9 Å². The molecule has 1 fully saturated rings. The number of nitrogen functional groups attached to an aromatic ring is 1. The maximum atomic E-state index is 12.2. The molecule has 1 aliphatic heterocycles. The Kier molecular flexibility index (Phi) is 3.98. The van der Waals surface area contributed by atoms with Crippen LogP contribution in [0.1, 0.15) is 33.1 Å². The van der Waals surface area contributed by atoms with Crippen LogP contribution < -0.4 is 11.1 Å². The van der Waals surface area contributed by atoms with Crippen molar-refractivity contribution < 1.29 is 4.79 Å². The number of hydrogen-bond acceptors (Lipinski definition) is 2. The average molecular weight is 261 g/mol. The number of carbonyl (C=O) groups is 1. The molecule has 3 N–H and O–H groups in total. The molecule has 0 bridgehead atoms. The summed E-state index contributed by atoms with van der Waals surface area (Å²) >= 11 is 0. The largest absolute Gasteiger partial charge is 0.399 e. The number of rotatable bonds is 1. The van der Waals surface area contributed by atoms with E-state index in [2.05, 4.69) is 19.2 Å². The van der Waals surface area contributed by atoms with E-state index < -0.39 is 0 Å². The molecule has 0 aliphatic carbocycles. The molecule has 4 heteroatoms. The molecule has 1 heterocycles. The second kappa shape index (κ2) is 5.51. The minimum atomic E-state index is -0.0247. The first kappa shape index (κ1) is 13.7. The molecule has 19 heavy (non-hydrogen) atoms. The normalized spacial score (nSPS) is 18.7. The molecule has 1 aliphatic rings. The Bertz CT molecular complexity index is 456. The van der Waals surface area contributed by atoms with Crippen molar-refractivity contribution in [2.24, 2.45) is 5.41 Å². The van der Waals surface area contributed by atoms with Crippen molar-refractivity contribution in [1.29, 1.82) is 0 Å². The number of hydrogen-bond donors (Lipinski definition) is 2. The Morgan fingerprint density at radius 2 is 2.11 bits per heavy atom. The first-order valence-corrected chi connectivity index (χ1v) is 6.88. The fraction of sp³-hybridized carbons (Fsp3) is 0.533. The van der Waals surface area contributed by atoms with Gasteiger partial charge in [-0.3, -0.25) is 0 Å². The number of urea groups is 1. The summed E-state index contributed by atoms with van der Waals surface area (Å²) < 4.78 is 0. The summed E-state index contributed by atoms with van der Waals surface area (Å²) in [5.74, 6) is 0. The van der Waals surface area contributed by atoms with E-state index in [0.29, 0.717) is 11.1 Å². The maximum Gasteiger partial charge on any atom is 0.321 e. The maximum absolute atomic E-state index is 12.2. The third kappa shape index (κ3) is 3.88. The van der Waals surface area contributed by atoms with Crippen molar-refractivity contribution in [1.82, 2.24) is 4.90 Å². The van der Waals surface area contributed by atoms with Gasteiger partial charge >= 0.3 is 6.03 Å². The van der Waals surface area contributed by atoms with Crippen LogP contribution in [0.5, 0.6) is 0 Å². The molecule has 2 amide bonds. The van der Waals surface area contributed by atoms with Crippen molar-refractivity contribution >= 4 is 17.4 Å². The third-order valence-corrected chi connectivity index (χ3v) is 3.77. The van der Waals surface area contributed by atoms with E-state index in [-0.39, 0.29) is 6.03 Å². The highest BCUT2D eigenvalue weighted by Gasteiger charge is 2.25. The van der Waals surface area contributed by atoms with E-state index in [0.717, 1.165) is 31.6 Å². The fourth-order valence-corrected chi connectivity index (χ4v) is 2.44. The molecule has 4 nitrogen and oxygen atoms in total. The molecule has 1 aromatic rings. The molecule has 0 unspecified atom stereocenters. The summed E-state index contributed by atoms with van der Waals surface area (Å²) in [5, 5.41) is 2.91. The van der Waals surface area contributed by atoms with Gasteiger partial charge in [-0.25, -0.2) is 4.79 Å². The van der Waals surface area contributed by atoms with Gasteiger partial charge in [0.2, 0.25) is 0 Å². The highest BCUT2D eigenvalue weighted by Crippen LogP contribution is 2.29. The Labute approximate surface area is 115 Å². The molecular formula is C15H23N3O. The van der Waals surface area contributed by atoms with E-state index in [9.17, 15) is 4.79 Å². The molecule has 1 saturated heterocycles. The van der Waals surface area contributed by atoms with Crippen molar-refractivity contribution in [2.75, 3.05) is 24.1 Å². The van der Waals surface area contributed by atoms with Crippen molar-refractivity contribution in [2.45, 2.75) is 33.1 Å². The van der Waals surface area contributed by atoms with Crippen LogP contribution in [0.25, 0.3) is 0 Å². The van der Waals surface area contributed by atoms with Gasteiger partial charge in [0.25, 0.3) is 0 Å². The van der Waals surface area contributed by atoms with Crippen molar-refractivity contribution in [3.63, 3.8) is 0 Å². The molecule has 0 aromatic heterocycles. The Morgan fingerprint density at radius 3 is 2.84 bits per heavy atom. The summed E-state index contributed by atoms with van der Waals surface area (Å²) in [5.41, 5.74) is 7.47.